The maximum absolute atomic E-state index is 13.0. The Balaban J connectivity index is 1.57. The molecule has 0 unspecified atom stereocenters. The number of rotatable bonds is 4. The van der Waals surface area contributed by atoms with Crippen molar-refractivity contribution >= 4 is 11.6 Å². The van der Waals surface area contributed by atoms with Gasteiger partial charge in [0.1, 0.15) is 0 Å². The highest BCUT2D eigenvalue weighted by molar-refractivity contribution is 5.94. The van der Waals surface area contributed by atoms with Crippen LogP contribution in [0, 0.1) is 5.92 Å². The standard InChI is InChI=1S/C22H23N5O/c28-22(19-6-8-23-9-7-19)27-13-12-26(21-4-2-1-3-5-21)16-18(17-27)14-20-15-24-10-11-25-20/h1-11,15,18H,12-14,16-17H2/t18-/m1/s1. The third kappa shape index (κ3) is 4.34. The maximum atomic E-state index is 13.0. The smallest absolute Gasteiger partial charge is 0.254 e. The van der Waals surface area contributed by atoms with Gasteiger partial charge in [0.05, 0.1) is 5.69 Å². The molecule has 0 radical (unpaired) electrons. The van der Waals surface area contributed by atoms with Crippen LogP contribution < -0.4 is 4.90 Å². The van der Waals surface area contributed by atoms with E-state index in [-0.39, 0.29) is 11.8 Å². The fourth-order valence-corrected chi connectivity index (χ4v) is 3.70. The Hall–Kier alpha value is -3.28. The predicted octanol–water partition coefficient (Wildman–Crippen LogP) is 2.69. The average molecular weight is 373 g/mol. The zero-order valence-corrected chi connectivity index (χ0v) is 15.7. The molecular weight excluding hydrogens is 350 g/mol. The molecule has 0 N–H and O–H groups in total. The lowest BCUT2D eigenvalue weighted by atomic mass is 10.0. The summed E-state index contributed by atoms with van der Waals surface area (Å²) in [7, 11) is 0. The molecule has 0 saturated carbocycles. The van der Waals surface area contributed by atoms with Crippen LogP contribution >= 0.6 is 0 Å². The number of hydrogen-bond acceptors (Lipinski definition) is 5. The van der Waals surface area contributed by atoms with Crippen molar-refractivity contribution in [2.75, 3.05) is 31.1 Å². The Morgan fingerprint density at radius 2 is 1.75 bits per heavy atom. The molecule has 1 atom stereocenters. The van der Waals surface area contributed by atoms with E-state index in [9.17, 15) is 4.79 Å². The van der Waals surface area contributed by atoms with Crippen molar-refractivity contribution in [2.45, 2.75) is 6.42 Å². The molecule has 1 aliphatic rings. The summed E-state index contributed by atoms with van der Waals surface area (Å²) in [5.74, 6) is 0.326. The molecule has 142 valence electrons. The first kappa shape index (κ1) is 18.1. The van der Waals surface area contributed by atoms with Gasteiger partial charge in [-0.05, 0) is 36.6 Å². The number of carbonyl (C=O) groups is 1. The summed E-state index contributed by atoms with van der Waals surface area (Å²) in [6, 6.07) is 13.9. The Labute approximate surface area is 164 Å². The summed E-state index contributed by atoms with van der Waals surface area (Å²) in [6.07, 6.45) is 9.34. The minimum Gasteiger partial charge on any atom is -0.369 e. The number of pyridine rings is 1. The first-order valence-electron chi connectivity index (χ1n) is 9.54. The van der Waals surface area contributed by atoms with Gasteiger partial charge in [0.15, 0.2) is 0 Å². The van der Waals surface area contributed by atoms with Crippen LogP contribution in [0.25, 0.3) is 0 Å². The van der Waals surface area contributed by atoms with Crippen LogP contribution in [0.3, 0.4) is 0 Å². The number of anilines is 1. The zero-order chi connectivity index (χ0) is 19.2. The van der Waals surface area contributed by atoms with Gasteiger partial charge in [0, 0.05) is 68.4 Å². The summed E-state index contributed by atoms with van der Waals surface area (Å²) < 4.78 is 0. The van der Waals surface area contributed by atoms with Gasteiger partial charge in [-0.3, -0.25) is 19.7 Å². The van der Waals surface area contributed by atoms with Crippen LogP contribution in [0.5, 0.6) is 0 Å². The molecule has 6 nitrogen and oxygen atoms in total. The second kappa shape index (κ2) is 8.61. The number of hydrogen-bond donors (Lipinski definition) is 0. The second-order valence-corrected chi connectivity index (χ2v) is 7.04. The monoisotopic (exact) mass is 373 g/mol. The normalized spacial score (nSPS) is 17.2. The van der Waals surface area contributed by atoms with Crippen LogP contribution in [0.15, 0.2) is 73.4 Å². The average Bonchev–Trinajstić information content (AvgIpc) is 2.98. The molecular formula is C22H23N5O. The molecule has 0 spiro atoms. The first-order valence-corrected chi connectivity index (χ1v) is 9.54. The minimum absolute atomic E-state index is 0.0569. The van der Waals surface area contributed by atoms with E-state index in [0.717, 1.165) is 25.2 Å². The third-order valence-corrected chi connectivity index (χ3v) is 5.05. The van der Waals surface area contributed by atoms with E-state index in [2.05, 4.69) is 44.1 Å². The fraction of sp³-hybridized carbons (Fsp3) is 0.273. The molecule has 0 aliphatic carbocycles. The van der Waals surface area contributed by atoms with Crippen LogP contribution in [0.1, 0.15) is 16.1 Å². The lowest BCUT2D eigenvalue weighted by Gasteiger charge is -2.25. The van der Waals surface area contributed by atoms with Crippen LogP contribution in [0.2, 0.25) is 0 Å². The molecule has 1 aliphatic heterocycles. The Morgan fingerprint density at radius 1 is 0.929 bits per heavy atom. The Kier molecular flexibility index (Phi) is 5.56. The molecule has 6 heteroatoms. The molecule has 1 fully saturated rings. The number of carbonyl (C=O) groups excluding carboxylic acids is 1. The van der Waals surface area contributed by atoms with E-state index in [0.29, 0.717) is 18.7 Å². The van der Waals surface area contributed by atoms with Gasteiger partial charge in [0.2, 0.25) is 0 Å². The van der Waals surface area contributed by atoms with Gasteiger partial charge < -0.3 is 9.80 Å². The van der Waals surface area contributed by atoms with Crippen molar-refractivity contribution in [3.05, 3.63) is 84.7 Å². The van der Waals surface area contributed by atoms with E-state index in [1.54, 1.807) is 36.9 Å². The van der Waals surface area contributed by atoms with Gasteiger partial charge in [-0.15, -0.1) is 0 Å². The zero-order valence-electron chi connectivity index (χ0n) is 15.7. The maximum Gasteiger partial charge on any atom is 0.254 e. The Morgan fingerprint density at radius 3 is 2.50 bits per heavy atom. The summed E-state index contributed by atoms with van der Waals surface area (Å²) >= 11 is 0. The number of aromatic nitrogens is 3. The number of benzene rings is 1. The van der Waals surface area contributed by atoms with E-state index >= 15 is 0 Å². The van der Waals surface area contributed by atoms with Crippen molar-refractivity contribution in [2.24, 2.45) is 5.92 Å². The molecule has 1 aromatic carbocycles. The number of para-hydroxylation sites is 1. The van der Waals surface area contributed by atoms with E-state index in [1.165, 1.54) is 5.69 Å². The molecule has 0 bridgehead atoms. The molecule has 1 saturated heterocycles. The highest BCUT2D eigenvalue weighted by atomic mass is 16.2. The minimum atomic E-state index is 0.0569. The summed E-state index contributed by atoms with van der Waals surface area (Å²) in [6.45, 7) is 3.06. The van der Waals surface area contributed by atoms with Crippen molar-refractivity contribution in [3.63, 3.8) is 0 Å². The largest absolute Gasteiger partial charge is 0.369 e. The highest BCUT2D eigenvalue weighted by Gasteiger charge is 2.27. The van der Waals surface area contributed by atoms with Crippen molar-refractivity contribution in [1.29, 1.82) is 0 Å². The second-order valence-electron chi connectivity index (χ2n) is 7.04. The molecule has 2 aromatic heterocycles. The summed E-state index contributed by atoms with van der Waals surface area (Å²) in [4.78, 5) is 30.0. The van der Waals surface area contributed by atoms with Crippen molar-refractivity contribution in [1.82, 2.24) is 19.9 Å². The molecule has 3 aromatic rings. The summed E-state index contributed by atoms with van der Waals surface area (Å²) in [5, 5.41) is 0. The van der Waals surface area contributed by atoms with E-state index < -0.39 is 0 Å². The topological polar surface area (TPSA) is 62.2 Å². The Bertz CT molecular complexity index is 889. The number of nitrogens with zero attached hydrogens (tertiary/aromatic N) is 5. The first-order chi connectivity index (χ1) is 13.8. The van der Waals surface area contributed by atoms with Crippen LogP contribution in [-0.2, 0) is 6.42 Å². The van der Waals surface area contributed by atoms with Crippen molar-refractivity contribution < 1.29 is 4.79 Å². The fourth-order valence-electron chi connectivity index (χ4n) is 3.70. The van der Waals surface area contributed by atoms with E-state index in [4.69, 9.17) is 0 Å². The van der Waals surface area contributed by atoms with Gasteiger partial charge >= 0.3 is 0 Å². The predicted molar refractivity (Wildman–Crippen MR) is 108 cm³/mol. The van der Waals surface area contributed by atoms with Crippen LogP contribution in [0.4, 0.5) is 5.69 Å². The van der Waals surface area contributed by atoms with Crippen LogP contribution in [-0.4, -0.2) is 51.9 Å². The molecule has 3 heterocycles. The number of amides is 1. The highest BCUT2D eigenvalue weighted by Crippen LogP contribution is 2.21. The molecule has 1 amide bonds. The van der Waals surface area contributed by atoms with Gasteiger partial charge in [-0.2, -0.15) is 0 Å². The summed E-state index contributed by atoms with van der Waals surface area (Å²) in [5.41, 5.74) is 2.82. The lowest BCUT2D eigenvalue weighted by molar-refractivity contribution is 0.0747. The third-order valence-electron chi connectivity index (χ3n) is 5.05. The SMILES string of the molecule is O=C(c1ccncc1)N1CCN(c2ccccc2)C[C@@H](Cc2cnccn2)C1. The van der Waals surface area contributed by atoms with Gasteiger partial charge in [-0.25, -0.2) is 0 Å². The van der Waals surface area contributed by atoms with Gasteiger partial charge in [0.25, 0.3) is 5.91 Å². The van der Waals surface area contributed by atoms with E-state index in [1.807, 2.05) is 17.2 Å². The van der Waals surface area contributed by atoms with Crippen molar-refractivity contribution in [3.8, 4) is 0 Å². The van der Waals surface area contributed by atoms with Gasteiger partial charge in [-0.1, -0.05) is 18.2 Å². The quantitative estimate of drug-likeness (QED) is 0.704. The molecule has 4 rings (SSSR count). The lowest BCUT2D eigenvalue weighted by Crippen LogP contribution is -2.36. The molecule has 28 heavy (non-hydrogen) atoms.